The fourth-order valence-electron chi connectivity index (χ4n) is 1.62. The van der Waals surface area contributed by atoms with Gasteiger partial charge in [0.15, 0.2) is 0 Å². The van der Waals surface area contributed by atoms with Gasteiger partial charge in [-0.1, -0.05) is 38.1 Å². The van der Waals surface area contributed by atoms with Crippen LogP contribution in [0.25, 0.3) is 0 Å². The van der Waals surface area contributed by atoms with Crippen molar-refractivity contribution >= 4 is 0 Å². The number of rotatable bonds is 7. The maximum atomic E-state index is 5.89. The highest BCUT2D eigenvalue weighted by molar-refractivity contribution is 5.26. The van der Waals surface area contributed by atoms with Gasteiger partial charge in [0.2, 0.25) is 0 Å². The Hall–Kier alpha value is -0.860. The molecular formula is C15H25NO. The lowest BCUT2D eigenvalue weighted by molar-refractivity contribution is 0.0232. The number of hydrogen-bond acceptors (Lipinski definition) is 2. The molecule has 0 aliphatic heterocycles. The third-order valence-corrected chi connectivity index (χ3v) is 3.20. The molecule has 0 radical (unpaired) electrons. The van der Waals surface area contributed by atoms with Crippen LogP contribution in [0.3, 0.4) is 0 Å². The SMILES string of the molecule is CNCCc1ccccc1COC(C)C(C)C. The molecule has 17 heavy (non-hydrogen) atoms. The molecule has 0 spiro atoms. The lowest BCUT2D eigenvalue weighted by Crippen LogP contribution is -2.16. The quantitative estimate of drug-likeness (QED) is 0.784. The minimum atomic E-state index is 0.312. The highest BCUT2D eigenvalue weighted by Crippen LogP contribution is 2.14. The van der Waals surface area contributed by atoms with Gasteiger partial charge < -0.3 is 10.1 Å². The number of hydrogen-bond donors (Lipinski definition) is 1. The van der Waals surface area contributed by atoms with E-state index in [0.29, 0.717) is 12.0 Å². The van der Waals surface area contributed by atoms with Crippen molar-refractivity contribution in [2.75, 3.05) is 13.6 Å². The fourth-order valence-corrected chi connectivity index (χ4v) is 1.62. The summed E-state index contributed by atoms with van der Waals surface area (Å²) >= 11 is 0. The summed E-state index contributed by atoms with van der Waals surface area (Å²) in [7, 11) is 1.99. The largest absolute Gasteiger partial charge is 0.374 e. The molecule has 2 heteroatoms. The Kier molecular flexibility index (Phi) is 6.23. The Labute approximate surface area is 105 Å². The predicted molar refractivity (Wildman–Crippen MR) is 73.2 cm³/mol. The van der Waals surface area contributed by atoms with E-state index in [0.717, 1.165) is 19.6 Å². The first-order chi connectivity index (χ1) is 8.15. The van der Waals surface area contributed by atoms with E-state index < -0.39 is 0 Å². The smallest absolute Gasteiger partial charge is 0.0723 e. The highest BCUT2D eigenvalue weighted by atomic mass is 16.5. The Balaban J connectivity index is 2.57. The Bertz CT molecular complexity index is 322. The van der Waals surface area contributed by atoms with Crippen LogP contribution in [-0.2, 0) is 17.8 Å². The van der Waals surface area contributed by atoms with Crippen LogP contribution in [0, 0.1) is 5.92 Å². The van der Waals surface area contributed by atoms with E-state index in [1.807, 2.05) is 7.05 Å². The van der Waals surface area contributed by atoms with Crippen LogP contribution in [-0.4, -0.2) is 19.7 Å². The summed E-state index contributed by atoms with van der Waals surface area (Å²) in [5, 5.41) is 3.19. The monoisotopic (exact) mass is 235 g/mol. The maximum absolute atomic E-state index is 5.89. The van der Waals surface area contributed by atoms with Crippen LogP contribution < -0.4 is 5.32 Å². The van der Waals surface area contributed by atoms with Crippen molar-refractivity contribution in [1.82, 2.24) is 5.32 Å². The molecule has 1 rings (SSSR count). The summed E-state index contributed by atoms with van der Waals surface area (Å²) in [6.45, 7) is 8.26. The van der Waals surface area contributed by atoms with Crippen molar-refractivity contribution in [3.05, 3.63) is 35.4 Å². The van der Waals surface area contributed by atoms with Gasteiger partial charge in [-0.2, -0.15) is 0 Å². The van der Waals surface area contributed by atoms with Gasteiger partial charge in [-0.3, -0.25) is 0 Å². The molecule has 0 bridgehead atoms. The molecule has 2 nitrogen and oxygen atoms in total. The van der Waals surface area contributed by atoms with Crippen molar-refractivity contribution in [2.24, 2.45) is 5.92 Å². The Morgan fingerprint density at radius 1 is 1.12 bits per heavy atom. The van der Waals surface area contributed by atoms with Crippen LogP contribution >= 0.6 is 0 Å². The molecule has 0 heterocycles. The molecule has 0 aromatic heterocycles. The number of benzene rings is 1. The summed E-state index contributed by atoms with van der Waals surface area (Å²) in [5.74, 6) is 0.569. The molecule has 0 saturated heterocycles. The number of ether oxygens (including phenoxy) is 1. The van der Waals surface area contributed by atoms with E-state index in [4.69, 9.17) is 4.74 Å². The van der Waals surface area contributed by atoms with E-state index in [2.05, 4.69) is 50.4 Å². The average molecular weight is 235 g/mol. The van der Waals surface area contributed by atoms with Crippen LogP contribution in [0.2, 0.25) is 0 Å². The standard InChI is InChI=1S/C15H25NO/c1-12(2)13(3)17-11-15-8-6-5-7-14(15)9-10-16-4/h5-8,12-13,16H,9-11H2,1-4H3. The molecule has 0 aliphatic carbocycles. The van der Waals surface area contributed by atoms with Crippen molar-refractivity contribution < 1.29 is 4.74 Å². The topological polar surface area (TPSA) is 21.3 Å². The van der Waals surface area contributed by atoms with Gasteiger partial charge in [0, 0.05) is 0 Å². The van der Waals surface area contributed by atoms with Crippen molar-refractivity contribution in [3.63, 3.8) is 0 Å². The average Bonchev–Trinajstić information content (AvgIpc) is 2.34. The molecular weight excluding hydrogens is 210 g/mol. The van der Waals surface area contributed by atoms with E-state index in [9.17, 15) is 0 Å². The second-order valence-electron chi connectivity index (χ2n) is 4.88. The van der Waals surface area contributed by atoms with Gasteiger partial charge in [0.1, 0.15) is 0 Å². The molecule has 0 fully saturated rings. The molecule has 0 saturated carbocycles. The van der Waals surface area contributed by atoms with Crippen LogP contribution in [0.15, 0.2) is 24.3 Å². The molecule has 0 amide bonds. The zero-order chi connectivity index (χ0) is 12.7. The number of nitrogens with one attached hydrogen (secondary N) is 1. The lowest BCUT2D eigenvalue weighted by Gasteiger charge is -2.18. The lowest BCUT2D eigenvalue weighted by atomic mass is 10.0. The predicted octanol–water partition coefficient (Wildman–Crippen LogP) is 3.01. The second kappa shape index (κ2) is 7.46. The van der Waals surface area contributed by atoms with Crippen molar-refractivity contribution in [3.8, 4) is 0 Å². The van der Waals surface area contributed by atoms with Crippen LogP contribution in [0.4, 0.5) is 0 Å². The maximum Gasteiger partial charge on any atom is 0.0723 e. The van der Waals surface area contributed by atoms with E-state index in [-0.39, 0.29) is 0 Å². The molecule has 1 aromatic carbocycles. The third kappa shape index (κ3) is 4.88. The van der Waals surface area contributed by atoms with Gasteiger partial charge >= 0.3 is 0 Å². The van der Waals surface area contributed by atoms with Crippen LogP contribution in [0.1, 0.15) is 31.9 Å². The second-order valence-corrected chi connectivity index (χ2v) is 4.88. The molecule has 96 valence electrons. The first kappa shape index (κ1) is 14.2. The summed E-state index contributed by atoms with van der Waals surface area (Å²) in [4.78, 5) is 0. The molecule has 0 aliphatic rings. The van der Waals surface area contributed by atoms with Crippen molar-refractivity contribution in [1.29, 1.82) is 0 Å². The summed E-state index contributed by atoms with van der Waals surface area (Å²) in [5.41, 5.74) is 2.70. The van der Waals surface area contributed by atoms with Crippen LogP contribution in [0.5, 0.6) is 0 Å². The first-order valence-corrected chi connectivity index (χ1v) is 6.48. The molecule has 1 aromatic rings. The molecule has 1 N–H and O–H groups in total. The molecule has 1 unspecified atom stereocenters. The number of likely N-dealkylation sites (N-methyl/N-ethyl adjacent to an activating group) is 1. The minimum absolute atomic E-state index is 0.312. The summed E-state index contributed by atoms with van der Waals surface area (Å²) < 4.78 is 5.89. The molecule has 1 atom stereocenters. The third-order valence-electron chi connectivity index (χ3n) is 3.20. The Morgan fingerprint density at radius 3 is 2.35 bits per heavy atom. The van der Waals surface area contributed by atoms with Gasteiger partial charge in [-0.25, -0.2) is 0 Å². The van der Waals surface area contributed by atoms with Crippen molar-refractivity contribution in [2.45, 2.75) is 39.9 Å². The summed E-state index contributed by atoms with van der Waals surface area (Å²) in [6, 6.07) is 8.54. The fraction of sp³-hybridized carbons (Fsp3) is 0.600. The van der Waals surface area contributed by atoms with Gasteiger partial charge in [-0.05, 0) is 44.0 Å². The van der Waals surface area contributed by atoms with E-state index in [1.54, 1.807) is 0 Å². The van der Waals surface area contributed by atoms with Gasteiger partial charge in [-0.15, -0.1) is 0 Å². The minimum Gasteiger partial charge on any atom is -0.374 e. The zero-order valence-electron chi connectivity index (χ0n) is 11.5. The Morgan fingerprint density at radius 2 is 1.76 bits per heavy atom. The highest BCUT2D eigenvalue weighted by Gasteiger charge is 2.08. The van der Waals surface area contributed by atoms with E-state index in [1.165, 1.54) is 11.1 Å². The summed E-state index contributed by atoms with van der Waals surface area (Å²) in [6.07, 6.45) is 1.37. The zero-order valence-corrected chi connectivity index (χ0v) is 11.5. The first-order valence-electron chi connectivity index (χ1n) is 6.48. The normalized spacial score (nSPS) is 13.0. The van der Waals surface area contributed by atoms with E-state index >= 15 is 0 Å². The van der Waals surface area contributed by atoms with Gasteiger partial charge in [0.05, 0.1) is 12.7 Å². The van der Waals surface area contributed by atoms with Gasteiger partial charge in [0.25, 0.3) is 0 Å².